The van der Waals surface area contributed by atoms with Crippen LogP contribution in [0.25, 0.3) is 0 Å². The summed E-state index contributed by atoms with van der Waals surface area (Å²) in [4.78, 5) is 0. The van der Waals surface area contributed by atoms with Gasteiger partial charge in [0.05, 0.1) is 0 Å². The lowest BCUT2D eigenvalue weighted by Gasteiger charge is -1.92. The number of hydrogen-bond donors (Lipinski definition) is 1. The quantitative estimate of drug-likeness (QED) is 0.634. The van der Waals surface area contributed by atoms with E-state index in [9.17, 15) is 0 Å². The van der Waals surface area contributed by atoms with Crippen LogP contribution >= 0.6 is 0 Å². The van der Waals surface area contributed by atoms with Crippen molar-refractivity contribution in [1.82, 2.24) is 0 Å². The van der Waals surface area contributed by atoms with E-state index in [4.69, 9.17) is 5.73 Å². The van der Waals surface area contributed by atoms with Crippen molar-refractivity contribution in [3.63, 3.8) is 0 Å². The second-order valence-corrected chi connectivity index (χ2v) is 2.40. The molecule has 0 heterocycles. The smallest absolute Gasteiger partial charge is 0.0110 e. The van der Waals surface area contributed by atoms with E-state index in [2.05, 4.69) is 24.3 Å². The van der Waals surface area contributed by atoms with E-state index in [-0.39, 0.29) is 0 Å². The molecule has 2 N–H and O–H groups in total. The Bertz CT molecular complexity index is 219. The molecule has 1 aliphatic rings. The van der Waals surface area contributed by atoms with Crippen LogP contribution in [0.15, 0.2) is 48.1 Å². The molecule has 0 radical (unpaired) electrons. The highest BCUT2D eigenvalue weighted by atomic mass is 14.5. The van der Waals surface area contributed by atoms with E-state index in [1.807, 2.05) is 18.2 Å². The van der Waals surface area contributed by atoms with Gasteiger partial charge in [0.1, 0.15) is 0 Å². The lowest BCUT2D eigenvalue weighted by molar-refractivity contribution is 1.23. The van der Waals surface area contributed by atoms with E-state index in [1.165, 1.54) is 5.57 Å². The highest BCUT2D eigenvalue weighted by molar-refractivity contribution is 5.30. The summed E-state index contributed by atoms with van der Waals surface area (Å²) in [7, 11) is 0. The Hall–Kier alpha value is -1.08. The Balaban J connectivity index is 2.57. The zero-order valence-electron chi connectivity index (χ0n) is 6.53. The maximum Gasteiger partial charge on any atom is 0.0110 e. The number of nitrogens with two attached hydrogens (primary N) is 1. The average Bonchev–Trinajstić information content (AvgIpc) is 2.28. The van der Waals surface area contributed by atoms with E-state index >= 15 is 0 Å². The normalized spacial score (nSPS) is 17.0. The molecule has 0 spiro atoms. The molecule has 1 rings (SSSR count). The molecule has 58 valence electrons. The molecular weight excluding hydrogens is 134 g/mol. The summed E-state index contributed by atoms with van der Waals surface area (Å²) in [5, 5.41) is 0. The molecule has 0 aromatic carbocycles. The van der Waals surface area contributed by atoms with Crippen LogP contribution in [0.5, 0.6) is 0 Å². The molecule has 11 heavy (non-hydrogen) atoms. The maximum absolute atomic E-state index is 5.33. The van der Waals surface area contributed by atoms with Crippen molar-refractivity contribution in [2.75, 3.05) is 6.54 Å². The number of hydrogen-bond acceptors (Lipinski definition) is 1. The summed E-state index contributed by atoms with van der Waals surface area (Å²) >= 11 is 0. The predicted molar refractivity (Wildman–Crippen MR) is 49.2 cm³/mol. The van der Waals surface area contributed by atoms with Gasteiger partial charge in [-0.25, -0.2) is 0 Å². The van der Waals surface area contributed by atoms with Crippen LogP contribution in [0.3, 0.4) is 0 Å². The summed E-state index contributed by atoms with van der Waals surface area (Å²) in [6.45, 7) is 0.616. The molecule has 0 saturated heterocycles. The first-order valence-corrected chi connectivity index (χ1v) is 3.82. The SMILES string of the molecule is NC/C=C/C1=CC=CC=CC1. The molecule has 0 saturated carbocycles. The van der Waals surface area contributed by atoms with Gasteiger partial charge in [0.25, 0.3) is 0 Å². The Morgan fingerprint density at radius 2 is 2.27 bits per heavy atom. The van der Waals surface area contributed by atoms with Gasteiger partial charge >= 0.3 is 0 Å². The van der Waals surface area contributed by atoms with Crippen molar-refractivity contribution >= 4 is 0 Å². The molecular formula is C10H13N. The van der Waals surface area contributed by atoms with E-state index in [1.54, 1.807) is 0 Å². The van der Waals surface area contributed by atoms with Crippen molar-refractivity contribution in [1.29, 1.82) is 0 Å². The van der Waals surface area contributed by atoms with Gasteiger partial charge in [-0.15, -0.1) is 0 Å². The molecule has 0 amide bonds. The largest absolute Gasteiger partial charge is 0.327 e. The first-order chi connectivity index (χ1) is 5.43. The van der Waals surface area contributed by atoms with E-state index < -0.39 is 0 Å². The summed E-state index contributed by atoms with van der Waals surface area (Å²) in [6.07, 6.45) is 15.4. The van der Waals surface area contributed by atoms with Gasteiger partial charge in [0, 0.05) is 6.54 Å². The van der Waals surface area contributed by atoms with Crippen LogP contribution in [-0.2, 0) is 0 Å². The van der Waals surface area contributed by atoms with Crippen LogP contribution < -0.4 is 5.73 Å². The highest BCUT2D eigenvalue weighted by Gasteiger charge is 1.88. The van der Waals surface area contributed by atoms with Gasteiger partial charge in [0.2, 0.25) is 0 Å². The van der Waals surface area contributed by atoms with Gasteiger partial charge in [-0.1, -0.05) is 42.5 Å². The second-order valence-electron chi connectivity index (χ2n) is 2.40. The Labute approximate surface area is 67.6 Å². The van der Waals surface area contributed by atoms with Gasteiger partial charge in [0.15, 0.2) is 0 Å². The van der Waals surface area contributed by atoms with Crippen molar-refractivity contribution in [3.05, 3.63) is 48.1 Å². The molecule has 1 heteroatoms. The van der Waals surface area contributed by atoms with Crippen LogP contribution in [0.1, 0.15) is 6.42 Å². The Morgan fingerprint density at radius 3 is 3.09 bits per heavy atom. The third kappa shape index (κ3) is 3.01. The Morgan fingerprint density at radius 1 is 1.36 bits per heavy atom. The molecule has 0 unspecified atom stereocenters. The van der Waals surface area contributed by atoms with E-state index in [0.29, 0.717) is 6.54 Å². The molecule has 0 fully saturated rings. The summed E-state index contributed by atoms with van der Waals surface area (Å²) in [6, 6.07) is 0. The summed E-state index contributed by atoms with van der Waals surface area (Å²) < 4.78 is 0. The Kier molecular flexibility index (Phi) is 3.42. The zero-order valence-corrected chi connectivity index (χ0v) is 6.53. The second kappa shape index (κ2) is 4.69. The van der Waals surface area contributed by atoms with Crippen LogP contribution in [0.4, 0.5) is 0 Å². The lowest BCUT2D eigenvalue weighted by atomic mass is 10.1. The fraction of sp³-hybridized carbons (Fsp3) is 0.200. The number of allylic oxidation sites excluding steroid dienone is 7. The minimum atomic E-state index is 0.616. The van der Waals surface area contributed by atoms with Crippen LogP contribution in [0.2, 0.25) is 0 Å². The first kappa shape index (κ1) is 8.02. The van der Waals surface area contributed by atoms with Crippen molar-refractivity contribution < 1.29 is 0 Å². The van der Waals surface area contributed by atoms with Gasteiger partial charge in [-0.2, -0.15) is 0 Å². The highest BCUT2D eigenvalue weighted by Crippen LogP contribution is 2.07. The predicted octanol–water partition coefficient (Wildman–Crippen LogP) is 1.94. The van der Waals surface area contributed by atoms with Crippen LogP contribution in [-0.4, -0.2) is 6.54 Å². The molecule has 1 nitrogen and oxygen atoms in total. The monoisotopic (exact) mass is 147 g/mol. The topological polar surface area (TPSA) is 26.0 Å². The van der Waals surface area contributed by atoms with Gasteiger partial charge in [-0.3, -0.25) is 0 Å². The molecule has 0 aliphatic heterocycles. The van der Waals surface area contributed by atoms with Crippen molar-refractivity contribution in [2.24, 2.45) is 5.73 Å². The standard InChI is InChI=1S/C10H13N/c11-9-5-8-10-6-3-1-2-4-7-10/h1-6,8H,7,9,11H2/b8-5+. The molecule has 1 aliphatic carbocycles. The fourth-order valence-corrected chi connectivity index (χ4v) is 0.937. The average molecular weight is 147 g/mol. The van der Waals surface area contributed by atoms with Crippen LogP contribution in [0, 0.1) is 0 Å². The molecule has 0 aromatic heterocycles. The van der Waals surface area contributed by atoms with E-state index in [0.717, 1.165) is 6.42 Å². The summed E-state index contributed by atoms with van der Waals surface area (Å²) in [5.41, 5.74) is 6.64. The summed E-state index contributed by atoms with van der Waals surface area (Å²) in [5.74, 6) is 0. The van der Waals surface area contributed by atoms with Crippen molar-refractivity contribution in [3.8, 4) is 0 Å². The minimum Gasteiger partial charge on any atom is -0.327 e. The molecule has 0 aromatic rings. The van der Waals surface area contributed by atoms with Crippen molar-refractivity contribution in [2.45, 2.75) is 6.42 Å². The maximum atomic E-state index is 5.33. The molecule has 0 bridgehead atoms. The van der Waals surface area contributed by atoms with Gasteiger partial charge in [-0.05, 0) is 12.0 Å². The minimum absolute atomic E-state index is 0.616. The third-order valence-electron chi connectivity index (χ3n) is 1.49. The fourth-order valence-electron chi connectivity index (χ4n) is 0.937. The first-order valence-electron chi connectivity index (χ1n) is 3.82. The third-order valence-corrected chi connectivity index (χ3v) is 1.49. The lowest BCUT2D eigenvalue weighted by Crippen LogP contribution is -1.92. The zero-order chi connectivity index (χ0) is 7.94. The van der Waals surface area contributed by atoms with Gasteiger partial charge < -0.3 is 5.73 Å². The number of rotatable bonds is 2. The molecule has 0 atom stereocenters.